The first-order valence-electron chi connectivity index (χ1n) is 7.55. The highest BCUT2D eigenvalue weighted by Crippen LogP contribution is 2.35. The van der Waals surface area contributed by atoms with E-state index in [2.05, 4.69) is 15.3 Å². The quantitative estimate of drug-likeness (QED) is 0.759. The molecule has 0 bridgehead atoms. The molecule has 0 radical (unpaired) electrons. The van der Waals surface area contributed by atoms with Gasteiger partial charge in [0, 0.05) is 16.6 Å². The molecule has 2 heterocycles. The number of hydrogen-bond acceptors (Lipinski definition) is 6. The lowest BCUT2D eigenvalue weighted by molar-refractivity contribution is 0.282. The molecule has 0 saturated carbocycles. The lowest BCUT2D eigenvalue weighted by atomic mass is 10.1. The second kappa shape index (κ2) is 5.54. The number of hydrogen-bond donors (Lipinski definition) is 2. The van der Waals surface area contributed by atoms with Crippen LogP contribution in [0.5, 0.6) is 0 Å². The maximum atomic E-state index is 12.2. The van der Waals surface area contributed by atoms with Crippen LogP contribution in [-0.2, 0) is 22.9 Å². The summed E-state index contributed by atoms with van der Waals surface area (Å²) in [5.41, 5.74) is 2.94. The molecule has 24 heavy (non-hydrogen) atoms. The highest BCUT2D eigenvalue weighted by Gasteiger charge is 2.29. The summed E-state index contributed by atoms with van der Waals surface area (Å²) in [6.45, 7) is -0.0985. The van der Waals surface area contributed by atoms with E-state index in [-0.39, 0.29) is 12.4 Å². The summed E-state index contributed by atoms with van der Waals surface area (Å²) in [4.78, 5) is 8.92. The molecule has 0 saturated heterocycles. The number of nitrogens with zero attached hydrogens (tertiary/aromatic N) is 2. The van der Waals surface area contributed by atoms with Crippen molar-refractivity contribution in [3.8, 4) is 0 Å². The van der Waals surface area contributed by atoms with Crippen molar-refractivity contribution in [2.75, 3.05) is 11.1 Å². The van der Waals surface area contributed by atoms with Gasteiger partial charge in [0.15, 0.2) is 9.84 Å². The van der Waals surface area contributed by atoms with Gasteiger partial charge in [-0.05, 0) is 30.2 Å². The average molecular weight is 341 g/mol. The molecule has 0 fully saturated rings. The van der Waals surface area contributed by atoms with Gasteiger partial charge in [0.1, 0.15) is 12.1 Å². The maximum absolute atomic E-state index is 12.2. The molecule has 1 aromatic heterocycles. The Kier molecular flexibility index (Phi) is 3.47. The number of aliphatic hydroxyl groups is 1. The molecule has 0 unspecified atom stereocenters. The Bertz CT molecular complexity index is 1050. The van der Waals surface area contributed by atoms with E-state index < -0.39 is 9.84 Å². The first-order chi connectivity index (χ1) is 11.6. The molecule has 1 aliphatic rings. The summed E-state index contributed by atoms with van der Waals surface area (Å²) in [6, 6.07) is 10.7. The number of benzene rings is 2. The van der Waals surface area contributed by atoms with Crippen LogP contribution in [0.15, 0.2) is 47.6 Å². The summed E-state index contributed by atoms with van der Waals surface area (Å²) in [5.74, 6) is 0.665. The molecule has 0 spiro atoms. The zero-order valence-electron chi connectivity index (χ0n) is 12.7. The van der Waals surface area contributed by atoms with Gasteiger partial charge in [0.25, 0.3) is 0 Å². The first kappa shape index (κ1) is 15.0. The molecule has 2 aromatic carbocycles. The Hall–Kier alpha value is -2.51. The van der Waals surface area contributed by atoms with Crippen molar-refractivity contribution in [2.24, 2.45) is 0 Å². The predicted octanol–water partition coefficient (Wildman–Crippen LogP) is 2.20. The molecule has 4 rings (SSSR count). The zero-order chi connectivity index (χ0) is 16.7. The Morgan fingerprint density at radius 3 is 2.79 bits per heavy atom. The van der Waals surface area contributed by atoms with Crippen molar-refractivity contribution in [3.63, 3.8) is 0 Å². The number of para-hydroxylation sites is 1. The Morgan fingerprint density at radius 1 is 1.12 bits per heavy atom. The van der Waals surface area contributed by atoms with Crippen LogP contribution in [0.2, 0.25) is 0 Å². The van der Waals surface area contributed by atoms with Crippen molar-refractivity contribution in [3.05, 3.63) is 53.9 Å². The standard InChI is InChI=1S/C17H15N3O3S/c21-9-11-3-1-2-4-13(11)20-17-16-12-7-8-24(22,23)15(12)6-5-14(16)18-10-19-17/h1-6,10,21H,7-9H2,(H,18,19,20). The average Bonchev–Trinajstić information content (AvgIpc) is 2.91. The van der Waals surface area contributed by atoms with Gasteiger partial charge in [0.05, 0.1) is 22.8 Å². The number of aliphatic hydroxyl groups excluding tert-OH is 1. The summed E-state index contributed by atoms with van der Waals surface area (Å²) < 4.78 is 24.3. The number of aryl methyl sites for hydroxylation is 1. The fraction of sp³-hybridized carbons (Fsp3) is 0.176. The normalized spacial score (nSPS) is 15.4. The molecule has 2 N–H and O–H groups in total. The lowest BCUT2D eigenvalue weighted by Crippen LogP contribution is -2.01. The number of aromatic nitrogens is 2. The van der Waals surface area contributed by atoms with Gasteiger partial charge in [-0.1, -0.05) is 18.2 Å². The minimum atomic E-state index is -3.22. The molecule has 0 amide bonds. The third-order valence-electron chi connectivity index (χ3n) is 4.27. The van der Waals surface area contributed by atoms with Crippen LogP contribution in [0.3, 0.4) is 0 Å². The lowest BCUT2D eigenvalue weighted by Gasteiger charge is -2.13. The fourth-order valence-corrected chi connectivity index (χ4v) is 4.64. The highest BCUT2D eigenvalue weighted by molar-refractivity contribution is 7.91. The van der Waals surface area contributed by atoms with Gasteiger partial charge in [-0.25, -0.2) is 18.4 Å². The number of fused-ring (bicyclic) bond motifs is 3. The molecule has 1 aliphatic heterocycles. The van der Waals surface area contributed by atoms with Crippen LogP contribution >= 0.6 is 0 Å². The SMILES string of the molecule is O=S1(=O)CCc2c1ccc1ncnc(Nc3ccccc3CO)c21. The van der Waals surface area contributed by atoms with Gasteiger partial charge in [-0.3, -0.25) is 0 Å². The smallest absolute Gasteiger partial charge is 0.179 e. The van der Waals surface area contributed by atoms with E-state index >= 15 is 0 Å². The van der Waals surface area contributed by atoms with Crippen molar-refractivity contribution in [2.45, 2.75) is 17.9 Å². The summed E-state index contributed by atoms with van der Waals surface area (Å²) in [6.07, 6.45) is 1.90. The van der Waals surface area contributed by atoms with Gasteiger partial charge >= 0.3 is 0 Å². The van der Waals surface area contributed by atoms with E-state index in [1.165, 1.54) is 6.33 Å². The minimum Gasteiger partial charge on any atom is -0.392 e. The molecule has 0 aliphatic carbocycles. The molecule has 122 valence electrons. The summed E-state index contributed by atoms with van der Waals surface area (Å²) in [5, 5.41) is 13.4. The van der Waals surface area contributed by atoms with Gasteiger partial charge < -0.3 is 10.4 Å². The molecular weight excluding hydrogens is 326 g/mol. The number of sulfone groups is 1. The third-order valence-corrected chi connectivity index (χ3v) is 6.06. The number of anilines is 2. The van der Waals surface area contributed by atoms with Crippen LogP contribution in [-0.4, -0.2) is 29.2 Å². The number of nitrogens with one attached hydrogen (secondary N) is 1. The second-order valence-corrected chi connectivity index (χ2v) is 7.75. The number of rotatable bonds is 3. The van der Waals surface area contributed by atoms with E-state index in [4.69, 9.17) is 0 Å². The van der Waals surface area contributed by atoms with Crippen LogP contribution in [0.1, 0.15) is 11.1 Å². The monoisotopic (exact) mass is 341 g/mol. The van der Waals surface area contributed by atoms with E-state index in [0.29, 0.717) is 22.7 Å². The Morgan fingerprint density at radius 2 is 1.96 bits per heavy atom. The van der Waals surface area contributed by atoms with E-state index in [1.54, 1.807) is 12.1 Å². The minimum absolute atomic E-state index is 0.0985. The largest absolute Gasteiger partial charge is 0.392 e. The predicted molar refractivity (Wildman–Crippen MR) is 90.9 cm³/mol. The molecule has 0 atom stereocenters. The highest BCUT2D eigenvalue weighted by atomic mass is 32.2. The zero-order valence-corrected chi connectivity index (χ0v) is 13.5. The van der Waals surface area contributed by atoms with Crippen molar-refractivity contribution in [1.82, 2.24) is 9.97 Å². The Balaban J connectivity index is 1.92. The van der Waals surface area contributed by atoms with Gasteiger partial charge in [-0.2, -0.15) is 0 Å². The first-order valence-corrected chi connectivity index (χ1v) is 9.20. The van der Waals surface area contributed by atoms with Crippen molar-refractivity contribution in [1.29, 1.82) is 0 Å². The van der Waals surface area contributed by atoms with E-state index in [9.17, 15) is 13.5 Å². The van der Waals surface area contributed by atoms with E-state index in [0.717, 1.165) is 22.2 Å². The van der Waals surface area contributed by atoms with Crippen LogP contribution in [0.25, 0.3) is 10.9 Å². The van der Waals surface area contributed by atoms with Crippen molar-refractivity contribution >= 4 is 32.2 Å². The van der Waals surface area contributed by atoms with Gasteiger partial charge in [0.2, 0.25) is 0 Å². The second-order valence-electron chi connectivity index (χ2n) is 5.67. The molecule has 3 aromatic rings. The summed E-state index contributed by atoms with van der Waals surface area (Å²) in [7, 11) is -3.22. The Labute approximate surface area is 139 Å². The molecule has 7 heteroatoms. The van der Waals surface area contributed by atoms with Crippen LogP contribution in [0, 0.1) is 0 Å². The molecular formula is C17H15N3O3S. The maximum Gasteiger partial charge on any atom is 0.179 e. The van der Waals surface area contributed by atoms with Crippen LogP contribution < -0.4 is 5.32 Å². The fourth-order valence-electron chi connectivity index (χ4n) is 3.09. The third kappa shape index (κ3) is 2.33. The topological polar surface area (TPSA) is 92.2 Å². The van der Waals surface area contributed by atoms with E-state index in [1.807, 2.05) is 24.3 Å². The van der Waals surface area contributed by atoms with Gasteiger partial charge in [-0.15, -0.1) is 0 Å². The summed E-state index contributed by atoms with van der Waals surface area (Å²) >= 11 is 0. The van der Waals surface area contributed by atoms with Crippen molar-refractivity contribution < 1.29 is 13.5 Å². The molecule has 6 nitrogen and oxygen atoms in total. The van der Waals surface area contributed by atoms with Crippen LogP contribution in [0.4, 0.5) is 11.5 Å².